The molecule has 0 aromatic heterocycles. The molecule has 104 valence electrons. The highest BCUT2D eigenvalue weighted by Crippen LogP contribution is 2.28. The van der Waals surface area contributed by atoms with Crippen LogP contribution in [0.3, 0.4) is 0 Å². The molecule has 3 atom stereocenters. The second-order valence-electron chi connectivity index (χ2n) is 5.46. The Hall–Kier alpha value is -0.810. The summed E-state index contributed by atoms with van der Waals surface area (Å²) in [4.78, 5) is 6.74. The third-order valence-corrected chi connectivity index (χ3v) is 3.88. The van der Waals surface area contributed by atoms with Crippen LogP contribution in [0.5, 0.6) is 0 Å². The molecular formula is C13H26N4O. The molecule has 2 rings (SSSR count). The van der Waals surface area contributed by atoms with Gasteiger partial charge in [-0.15, -0.1) is 0 Å². The van der Waals surface area contributed by atoms with Crippen LogP contribution in [-0.2, 0) is 4.74 Å². The molecule has 0 radical (unpaired) electrons. The third kappa shape index (κ3) is 3.85. The topological polar surface area (TPSA) is 48.9 Å². The van der Waals surface area contributed by atoms with Gasteiger partial charge in [-0.05, 0) is 18.8 Å². The number of aliphatic imine (C=N–C) groups is 1. The summed E-state index contributed by atoms with van der Waals surface area (Å²) in [5.74, 6) is 1.76. The van der Waals surface area contributed by atoms with E-state index in [9.17, 15) is 0 Å². The Morgan fingerprint density at radius 1 is 1.44 bits per heavy atom. The number of methoxy groups -OCH3 is 1. The summed E-state index contributed by atoms with van der Waals surface area (Å²) in [6.07, 6.45) is 2.45. The standard InChI is InChI=1S/C13H26N4O/c1-10-8-12(10)16-13(14-2)15-11-4-5-17(9-11)6-7-18-3/h10-12H,4-9H2,1-3H3,(H2,14,15,16). The molecule has 1 aliphatic heterocycles. The van der Waals surface area contributed by atoms with Gasteiger partial charge in [0.2, 0.25) is 0 Å². The van der Waals surface area contributed by atoms with E-state index in [2.05, 4.69) is 27.4 Å². The molecule has 3 unspecified atom stereocenters. The zero-order valence-electron chi connectivity index (χ0n) is 11.8. The van der Waals surface area contributed by atoms with Crippen molar-refractivity contribution in [2.75, 3.05) is 40.4 Å². The number of ether oxygens (including phenoxy) is 1. The Labute approximate surface area is 110 Å². The van der Waals surface area contributed by atoms with Gasteiger partial charge in [0.15, 0.2) is 5.96 Å². The molecule has 18 heavy (non-hydrogen) atoms. The summed E-state index contributed by atoms with van der Waals surface area (Å²) in [6, 6.07) is 1.14. The first-order valence-electron chi connectivity index (χ1n) is 6.94. The molecule has 1 heterocycles. The Bertz CT molecular complexity index is 295. The van der Waals surface area contributed by atoms with Crippen molar-refractivity contribution in [2.24, 2.45) is 10.9 Å². The van der Waals surface area contributed by atoms with E-state index in [1.807, 2.05) is 7.05 Å². The summed E-state index contributed by atoms with van der Waals surface area (Å²) in [5, 5.41) is 6.99. The lowest BCUT2D eigenvalue weighted by atomic mass is 10.3. The van der Waals surface area contributed by atoms with Gasteiger partial charge >= 0.3 is 0 Å². The largest absolute Gasteiger partial charge is 0.383 e. The van der Waals surface area contributed by atoms with Crippen LogP contribution in [0.4, 0.5) is 0 Å². The number of hydrogen-bond donors (Lipinski definition) is 2. The highest BCUT2D eigenvalue weighted by Gasteiger charge is 2.33. The van der Waals surface area contributed by atoms with Gasteiger partial charge in [-0.2, -0.15) is 0 Å². The van der Waals surface area contributed by atoms with E-state index in [1.165, 1.54) is 12.8 Å². The molecule has 5 nitrogen and oxygen atoms in total. The molecule has 2 aliphatic rings. The Morgan fingerprint density at radius 3 is 2.83 bits per heavy atom. The average Bonchev–Trinajstić information content (AvgIpc) is 2.89. The summed E-state index contributed by atoms with van der Waals surface area (Å²) >= 11 is 0. The van der Waals surface area contributed by atoms with E-state index in [-0.39, 0.29) is 0 Å². The summed E-state index contributed by atoms with van der Waals surface area (Å²) < 4.78 is 5.12. The van der Waals surface area contributed by atoms with Crippen LogP contribution < -0.4 is 10.6 Å². The predicted octanol–water partition coefficient (Wildman–Crippen LogP) is 0.281. The zero-order chi connectivity index (χ0) is 13.0. The van der Waals surface area contributed by atoms with Crippen molar-refractivity contribution < 1.29 is 4.74 Å². The average molecular weight is 254 g/mol. The van der Waals surface area contributed by atoms with Crippen molar-refractivity contribution >= 4 is 5.96 Å². The maximum absolute atomic E-state index is 5.12. The summed E-state index contributed by atoms with van der Waals surface area (Å²) in [6.45, 7) is 6.36. The maximum Gasteiger partial charge on any atom is 0.191 e. The first kappa shape index (κ1) is 13.6. The lowest BCUT2D eigenvalue weighted by Crippen LogP contribution is -2.45. The van der Waals surface area contributed by atoms with Crippen molar-refractivity contribution in [1.82, 2.24) is 15.5 Å². The van der Waals surface area contributed by atoms with Crippen LogP contribution in [-0.4, -0.2) is 63.3 Å². The number of rotatable bonds is 5. The van der Waals surface area contributed by atoms with Gasteiger partial charge in [0.1, 0.15) is 0 Å². The van der Waals surface area contributed by atoms with Crippen LogP contribution in [0.25, 0.3) is 0 Å². The molecule has 1 saturated carbocycles. The van der Waals surface area contributed by atoms with Gasteiger partial charge in [0.25, 0.3) is 0 Å². The second-order valence-corrected chi connectivity index (χ2v) is 5.46. The highest BCUT2D eigenvalue weighted by atomic mass is 16.5. The smallest absolute Gasteiger partial charge is 0.191 e. The van der Waals surface area contributed by atoms with Crippen LogP contribution in [0.15, 0.2) is 4.99 Å². The molecule has 2 N–H and O–H groups in total. The van der Waals surface area contributed by atoms with E-state index in [0.29, 0.717) is 12.1 Å². The molecule has 0 aromatic carbocycles. The Kier molecular flexibility index (Phi) is 4.83. The van der Waals surface area contributed by atoms with Gasteiger partial charge in [-0.25, -0.2) is 0 Å². The van der Waals surface area contributed by atoms with Gasteiger partial charge in [-0.3, -0.25) is 9.89 Å². The molecule has 1 aliphatic carbocycles. The minimum Gasteiger partial charge on any atom is -0.383 e. The molecule has 5 heteroatoms. The Morgan fingerprint density at radius 2 is 2.22 bits per heavy atom. The first-order valence-corrected chi connectivity index (χ1v) is 6.94. The summed E-state index contributed by atoms with van der Waals surface area (Å²) in [5.41, 5.74) is 0. The fraction of sp³-hybridized carbons (Fsp3) is 0.923. The van der Waals surface area contributed by atoms with Crippen LogP contribution in [0, 0.1) is 5.92 Å². The maximum atomic E-state index is 5.12. The molecule has 0 spiro atoms. The normalized spacial score (nSPS) is 32.6. The summed E-state index contributed by atoms with van der Waals surface area (Å²) in [7, 11) is 3.61. The van der Waals surface area contributed by atoms with E-state index < -0.39 is 0 Å². The van der Waals surface area contributed by atoms with Gasteiger partial charge < -0.3 is 15.4 Å². The highest BCUT2D eigenvalue weighted by molar-refractivity contribution is 5.80. The van der Waals surface area contributed by atoms with Gasteiger partial charge in [0.05, 0.1) is 6.61 Å². The third-order valence-electron chi connectivity index (χ3n) is 3.88. The molecule has 0 amide bonds. The van der Waals surface area contributed by atoms with Crippen molar-refractivity contribution in [3.8, 4) is 0 Å². The minimum absolute atomic E-state index is 0.516. The number of nitrogens with zero attached hydrogens (tertiary/aromatic N) is 2. The Balaban J connectivity index is 1.69. The van der Waals surface area contributed by atoms with E-state index in [4.69, 9.17) is 4.74 Å². The number of hydrogen-bond acceptors (Lipinski definition) is 3. The van der Waals surface area contributed by atoms with Crippen molar-refractivity contribution in [2.45, 2.75) is 31.8 Å². The first-order chi connectivity index (χ1) is 8.72. The lowest BCUT2D eigenvalue weighted by Gasteiger charge is -2.18. The van der Waals surface area contributed by atoms with Gasteiger partial charge in [-0.1, -0.05) is 6.92 Å². The number of nitrogens with one attached hydrogen (secondary N) is 2. The molecule has 0 bridgehead atoms. The second kappa shape index (κ2) is 6.38. The monoisotopic (exact) mass is 254 g/mol. The van der Waals surface area contributed by atoms with Crippen molar-refractivity contribution in [3.63, 3.8) is 0 Å². The molecular weight excluding hydrogens is 228 g/mol. The lowest BCUT2D eigenvalue weighted by molar-refractivity contribution is 0.160. The quantitative estimate of drug-likeness (QED) is 0.546. The SMILES string of the molecule is CN=C(NC1CCN(CCOC)C1)NC1CC1C. The fourth-order valence-corrected chi connectivity index (χ4v) is 2.44. The molecule has 0 aromatic rings. The molecule has 1 saturated heterocycles. The van der Waals surface area contributed by atoms with Crippen LogP contribution >= 0.6 is 0 Å². The zero-order valence-corrected chi connectivity index (χ0v) is 11.8. The van der Waals surface area contributed by atoms with Crippen LogP contribution in [0.2, 0.25) is 0 Å². The minimum atomic E-state index is 0.516. The van der Waals surface area contributed by atoms with Crippen molar-refractivity contribution in [3.05, 3.63) is 0 Å². The van der Waals surface area contributed by atoms with Crippen molar-refractivity contribution in [1.29, 1.82) is 0 Å². The van der Waals surface area contributed by atoms with Crippen LogP contribution in [0.1, 0.15) is 19.8 Å². The number of guanidine groups is 1. The predicted molar refractivity (Wildman–Crippen MR) is 73.9 cm³/mol. The molecule has 2 fully saturated rings. The fourth-order valence-electron chi connectivity index (χ4n) is 2.44. The van der Waals surface area contributed by atoms with E-state index in [1.54, 1.807) is 7.11 Å². The van der Waals surface area contributed by atoms with E-state index >= 15 is 0 Å². The number of likely N-dealkylation sites (tertiary alicyclic amines) is 1. The van der Waals surface area contributed by atoms with Gasteiger partial charge in [0, 0.05) is 45.9 Å². The van der Waals surface area contributed by atoms with E-state index in [0.717, 1.165) is 38.1 Å².